The van der Waals surface area contributed by atoms with E-state index in [1.807, 2.05) is 0 Å². The summed E-state index contributed by atoms with van der Waals surface area (Å²) in [7, 11) is -4.25. The summed E-state index contributed by atoms with van der Waals surface area (Å²) in [6, 6.07) is 2.53. The smallest absolute Gasteiger partial charge is 0.223 e. The highest BCUT2D eigenvalue weighted by Crippen LogP contribution is 2.31. The lowest BCUT2D eigenvalue weighted by Crippen LogP contribution is -2.18. The minimum absolute atomic E-state index is 0.455. The lowest BCUT2D eigenvalue weighted by Gasteiger charge is -2.11. The van der Waals surface area contributed by atoms with Gasteiger partial charge in [-0.05, 0) is 24.3 Å². The highest BCUT2D eigenvalue weighted by atomic mass is 32.2. The van der Waals surface area contributed by atoms with Crippen molar-refractivity contribution in [2.24, 2.45) is 5.14 Å². The molecule has 10 heteroatoms. The number of rotatable bonds is 2. The van der Waals surface area contributed by atoms with Crippen LogP contribution >= 0.6 is 0 Å². The third-order valence-corrected chi connectivity index (χ3v) is 3.29. The minimum Gasteiger partial charge on any atom is -0.223 e. The molecule has 0 fully saturated rings. The summed E-state index contributed by atoms with van der Waals surface area (Å²) >= 11 is 0. The summed E-state index contributed by atoms with van der Waals surface area (Å²) in [5, 5.41) is 7.75. The average Bonchev–Trinajstić information content (AvgIpc) is 2.76. The Balaban J connectivity index is 2.68. The molecule has 2 aromatic rings. The maximum absolute atomic E-state index is 13.6. The predicted octanol–water partition coefficient (Wildman–Crippen LogP) is 1.68. The van der Waals surface area contributed by atoms with E-state index in [0.717, 1.165) is 12.3 Å². The van der Waals surface area contributed by atoms with Gasteiger partial charge in [-0.15, -0.1) is 0 Å². The van der Waals surface area contributed by atoms with Gasteiger partial charge in [0, 0.05) is 0 Å². The van der Waals surface area contributed by atoms with Gasteiger partial charge in [0.2, 0.25) is 0 Å². The third kappa shape index (κ3) is 2.65. The summed E-state index contributed by atoms with van der Waals surface area (Å²) in [5.41, 5.74) is -1.79. The van der Waals surface area contributed by atoms with Crippen molar-refractivity contribution in [2.45, 2.75) is 11.2 Å². The normalized spacial score (nSPS) is 12.7. The molecular formula is C10H7F4N3O2S. The number of nitrogens with zero attached hydrogens (tertiary/aromatic N) is 2. The van der Waals surface area contributed by atoms with Gasteiger partial charge in [-0.3, -0.25) is 0 Å². The van der Waals surface area contributed by atoms with Crippen LogP contribution in [0.4, 0.5) is 17.6 Å². The molecule has 0 saturated heterocycles. The topological polar surface area (TPSA) is 78.0 Å². The quantitative estimate of drug-likeness (QED) is 0.857. The second kappa shape index (κ2) is 4.56. The number of primary sulfonamides is 1. The van der Waals surface area contributed by atoms with Gasteiger partial charge in [-0.1, -0.05) is 0 Å². The van der Waals surface area contributed by atoms with Crippen LogP contribution in [0, 0.1) is 5.82 Å². The molecule has 5 nitrogen and oxygen atoms in total. The maximum Gasteiger partial charge on any atom is 0.416 e. The number of sulfonamides is 1. The molecule has 0 spiro atoms. The van der Waals surface area contributed by atoms with Gasteiger partial charge in [0.15, 0.2) is 5.03 Å². The first kappa shape index (κ1) is 14.5. The lowest BCUT2D eigenvalue weighted by molar-refractivity contribution is -0.137. The highest BCUT2D eigenvalue weighted by molar-refractivity contribution is 7.89. The van der Waals surface area contributed by atoms with Gasteiger partial charge >= 0.3 is 6.18 Å². The van der Waals surface area contributed by atoms with E-state index in [4.69, 9.17) is 5.14 Å². The van der Waals surface area contributed by atoms with Gasteiger partial charge in [-0.2, -0.15) is 18.3 Å². The van der Waals surface area contributed by atoms with Gasteiger partial charge in [0.25, 0.3) is 10.0 Å². The van der Waals surface area contributed by atoms with Crippen molar-refractivity contribution in [3.8, 4) is 5.69 Å². The Labute approximate surface area is 110 Å². The maximum atomic E-state index is 13.6. The fourth-order valence-corrected chi connectivity index (χ4v) is 2.18. The van der Waals surface area contributed by atoms with Gasteiger partial charge in [0.05, 0.1) is 11.8 Å². The summed E-state index contributed by atoms with van der Waals surface area (Å²) < 4.78 is 74.4. The van der Waals surface area contributed by atoms with Crippen LogP contribution in [-0.2, 0) is 16.2 Å². The molecule has 0 radical (unpaired) electrons. The Morgan fingerprint density at radius 2 is 1.85 bits per heavy atom. The molecule has 0 aliphatic rings. The molecule has 2 N–H and O–H groups in total. The first-order valence-corrected chi connectivity index (χ1v) is 6.59. The standard InChI is InChI=1S/C10H7F4N3O2S/c11-7-2-1-6(10(12,13)14)5-8(7)17-9(3-4-16-17)20(15,18)19/h1-5H,(H2,15,18,19). The van der Waals surface area contributed by atoms with Crippen LogP contribution < -0.4 is 5.14 Å². The SMILES string of the molecule is NS(=O)(=O)c1ccnn1-c1cc(C(F)(F)F)ccc1F. The Bertz CT molecular complexity index is 752. The second-order valence-corrected chi connectivity index (χ2v) is 5.30. The molecule has 1 aromatic heterocycles. The minimum atomic E-state index is -4.70. The zero-order valence-corrected chi connectivity index (χ0v) is 10.4. The molecule has 0 unspecified atom stereocenters. The molecule has 0 aliphatic carbocycles. The first-order valence-electron chi connectivity index (χ1n) is 5.04. The predicted molar refractivity (Wildman–Crippen MR) is 59.9 cm³/mol. The number of nitrogens with two attached hydrogens (primary N) is 1. The number of aromatic nitrogens is 2. The Morgan fingerprint density at radius 1 is 1.20 bits per heavy atom. The van der Waals surface area contributed by atoms with E-state index in [9.17, 15) is 26.0 Å². The molecule has 1 heterocycles. The van der Waals surface area contributed by atoms with E-state index >= 15 is 0 Å². The number of benzene rings is 1. The highest BCUT2D eigenvalue weighted by Gasteiger charge is 2.32. The molecule has 0 amide bonds. The van der Waals surface area contributed by atoms with Crippen molar-refractivity contribution in [2.75, 3.05) is 0 Å². The van der Waals surface area contributed by atoms with Crippen LogP contribution in [0.2, 0.25) is 0 Å². The Hall–Kier alpha value is -1.94. The van der Waals surface area contributed by atoms with Gasteiger partial charge in [-0.25, -0.2) is 22.6 Å². The molecule has 0 bridgehead atoms. The summed E-state index contributed by atoms with van der Waals surface area (Å²) in [5.74, 6) is -1.06. The van der Waals surface area contributed by atoms with Crippen molar-refractivity contribution >= 4 is 10.0 Å². The van der Waals surface area contributed by atoms with Crippen LogP contribution in [-0.4, -0.2) is 18.2 Å². The first-order chi connectivity index (χ1) is 9.10. The van der Waals surface area contributed by atoms with Crippen molar-refractivity contribution < 1.29 is 26.0 Å². The molecule has 0 aliphatic heterocycles. The van der Waals surface area contributed by atoms with Crippen LogP contribution in [0.15, 0.2) is 35.5 Å². The van der Waals surface area contributed by atoms with E-state index in [1.165, 1.54) is 0 Å². The van der Waals surface area contributed by atoms with Gasteiger partial charge in [0.1, 0.15) is 11.5 Å². The van der Waals surface area contributed by atoms with Crippen molar-refractivity contribution in [1.29, 1.82) is 0 Å². The summed E-state index contributed by atoms with van der Waals surface area (Å²) in [4.78, 5) is 0. The van der Waals surface area contributed by atoms with E-state index in [-0.39, 0.29) is 0 Å². The van der Waals surface area contributed by atoms with Crippen LogP contribution in [0.3, 0.4) is 0 Å². The lowest BCUT2D eigenvalue weighted by atomic mass is 10.2. The van der Waals surface area contributed by atoms with Crippen LogP contribution in [0.5, 0.6) is 0 Å². The largest absolute Gasteiger partial charge is 0.416 e. The van der Waals surface area contributed by atoms with Crippen molar-refractivity contribution in [3.05, 3.63) is 41.8 Å². The molecule has 2 rings (SSSR count). The molecule has 1 aromatic carbocycles. The van der Waals surface area contributed by atoms with E-state index < -0.39 is 38.3 Å². The molecule has 0 saturated carbocycles. The van der Waals surface area contributed by atoms with Crippen molar-refractivity contribution in [3.63, 3.8) is 0 Å². The van der Waals surface area contributed by atoms with Crippen molar-refractivity contribution in [1.82, 2.24) is 9.78 Å². The number of hydrogen-bond donors (Lipinski definition) is 1. The zero-order chi connectivity index (χ0) is 15.1. The summed E-state index contributed by atoms with van der Waals surface area (Å²) in [6.07, 6.45) is -3.71. The Morgan fingerprint density at radius 3 is 2.40 bits per heavy atom. The number of alkyl halides is 3. The molecule has 108 valence electrons. The van der Waals surface area contributed by atoms with E-state index in [0.29, 0.717) is 22.9 Å². The fraction of sp³-hybridized carbons (Fsp3) is 0.100. The Kier molecular flexibility index (Phi) is 3.30. The monoisotopic (exact) mass is 309 g/mol. The van der Waals surface area contributed by atoms with E-state index in [2.05, 4.69) is 5.10 Å². The molecular weight excluding hydrogens is 302 g/mol. The average molecular weight is 309 g/mol. The second-order valence-electron chi connectivity index (χ2n) is 3.79. The fourth-order valence-electron chi connectivity index (χ4n) is 1.54. The third-order valence-electron chi connectivity index (χ3n) is 2.40. The van der Waals surface area contributed by atoms with Gasteiger partial charge < -0.3 is 0 Å². The summed E-state index contributed by atoms with van der Waals surface area (Å²) in [6.45, 7) is 0. The molecule has 20 heavy (non-hydrogen) atoms. The number of hydrogen-bond acceptors (Lipinski definition) is 3. The van der Waals surface area contributed by atoms with Crippen LogP contribution in [0.25, 0.3) is 5.69 Å². The zero-order valence-electron chi connectivity index (χ0n) is 9.60. The molecule has 0 atom stereocenters. The van der Waals surface area contributed by atoms with Crippen LogP contribution in [0.1, 0.15) is 5.56 Å². The van der Waals surface area contributed by atoms with E-state index in [1.54, 1.807) is 0 Å². The number of halogens is 4.